The molecular formula is C16H18FN3O4S. The van der Waals surface area contributed by atoms with Gasteiger partial charge >= 0.3 is 0 Å². The summed E-state index contributed by atoms with van der Waals surface area (Å²) in [7, 11) is -3.83. The van der Waals surface area contributed by atoms with Crippen molar-refractivity contribution in [1.82, 2.24) is 4.72 Å². The number of hydrogen-bond donors (Lipinski definition) is 2. The van der Waals surface area contributed by atoms with E-state index in [1.54, 1.807) is 26.0 Å². The van der Waals surface area contributed by atoms with E-state index in [1.807, 2.05) is 0 Å². The van der Waals surface area contributed by atoms with E-state index in [0.29, 0.717) is 0 Å². The van der Waals surface area contributed by atoms with Crippen LogP contribution in [0.4, 0.5) is 15.8 Å². The standard InChI is InChI=1S/C16H18FN3O4S/c1-11(2)19-25(23,24)14-7-8-15(16(9-14)20(21)22)18-10-12-3-5-13(17)6-4-12/h3-9,11,18-19H,10H2,1-2H3. The highest BCUT2D eigenvalue weighted by Crippen LogP contribution is 2.28. The van der Waals surface area contributed by atoms with Gasteiger partial charge < -0.3 is 5.32 Å². The molecule has 2 N–H and O–H groups in total. The van der Waals surface area contributed by atoms with Crippen LogP contribution >= 0.6 is 0 Å². The zero-order valence-electron chi connectivity index (χ0n) is 13.7. The molecule has 0 aliphatic carbocycles. The lowest BCUT2D eigenvalue weighted by Gasteiger charge is -2.11. The molecular weight excluding hydrogens is 349 g/mol. The van der Waals surface area contributed by atoms with Crippen LogP contribution in [0.5, 0.6) is 0 Å². The van der Waals surface area contributed by atoms with Gasteiger partial charge in [0.25, 0.3) is 5.69 Å². The topological polar surface area (TPSA) is 101 Å². The fourth-order valence-electron chi connectivity index (χ4n) is 2.16. The maximum absolute atomic E-state index is 12.9. The SMILES string of the molecule is CC(C)NS(=O)(=O)c1ccc(NCc2ccc(F)cc2)c([N+](=O)[O-])c1. The van der Waals surface area contributed by atoms with Gasteiger partial charge in [-0.1, -0.05) is 12.1 Å². The lowest BCUT2D eigenvalue weighted by molar-refractivity contribution is -0.384. The first kappa shape index (κ1) is 18.8. The van der Waals surface area contributed by atoms with Crippen molar-refractivity contribution >= 4 is 21.4 Å². The minimum absolute atomic E-state index is 0.179. The third kappa shape index (κ3) is 4.97. The molecule has 0 heterocycles. The van der Waals surface area contributed by atoms with Crippen LogP contribution in [-0.4, -0.2) is 19.4 Å². The minimum atomic E-state index is -3.83. The van der Waals surface area contributed by atoms with Gasteiger partial charge in [-0.25, -0.2) is 17.5 Å². The third-order valence-corrected chi connectivity index (χ3v) is 4.92. The van der Waals surface area contributed by atoms with E-state index in [1.165, 1.54) is 24.3 Å². The molecule has 0 aromatic heterocycles. The summed E-state index contributed by atoms with van der Waals surface area (Å²) in [5.41, 5.74) is 0.556. The molecule has 2 aromatic rings. The van der Waals surface area contributed by atoms with Crippen LogP contribution in [0.3, 0.4) is 0 Å². The highest BCUT2D eigenvalue weighted by atomic mass is 32.2. The van der Waals surface area contributed by atoms with Crippen LogP contribution < -0.4 is 10.0 Å². The number of nitro benzene ring substituents is 1. The smallest absolute Gasteiger partial charge is 0.293 e. The number of nitrogens with one attached hydrogen (secondary N) is 2. The summed E-state index contributed by atoms with van der Waals surface area (Å²) in [6.45, 7) is 3.55. The van der Waals surface area contributed by atoms with Crippen molar-refractivity contribution in [2.45, 2.75) is 31.3 Å². The fraction of sp³-hybridized carbons (Fsp3) is 0.250. The zero-order chi connectivity index (χ0) is 18.6. The number of hydrogen-bond acceptors (Lipinski definition) is 5. The molecule has 0 unspecified atom stereocenters. The van der Waals surface area contributed by atoms with Crippen LogP contribution in [0, 0.1) is 15.9 Å². The Bertz CT molecular complexity index is 867. The Morgan fingerprint density at radius 2 is 1.80 bits per heavy atom. The average Bonchev–Trinajstić information content (AvgIpc) is 2.53. The molecule has 134 valence electrons. The third-order valence-electron chi connectivity index (χ3n) is 3.26. The lowest BCUT2D eigenvalue weighted by atomic mass is 10.2. The highest BCUT2D eigenvalue weighted by molar-refractivity contribution is 7.89. The Balaban J connectivity index is 2.27. The van der Waals surface area contributed by atoms with Crippen molar-refractivity contribution in [1.29, 1.82) is 0 Å². The van der Waals surface area contributed by atoms with Crippen molar-refractivity contribution < 1.29 is 17.7 Å². The van der Waals surface area contributed by atoms with Gasteiger partial charge in [-0.2, -0.15) is 0 Å². The second-order valence-corrected chi connectivity index (χ2v) is 7.41. The number of rotatable bonds is 7. The Labute approximate surface area is 145 Å². The first-order chi connectivity index (χ1) is 11.7. The van der Waals surface area contributed by atoms with Crippen molar-refractivity contribution in [3.05, 3.63) is 64.0 Å². The normalized spacial score (nSPS) is 11.5. The van der Waals surface area contributed by atoms with Gasteiger partial charge in [0.1, 0.15) is 11.5 Å². The fourth-order valence-corrected chi connectivity index (χ4v) is 3.43. The molecule has 7 nitrogen and oxygen atoms in total. The van der Waals surface area contributed by atoms with Crippen LogP contribution in [0.1, 0.15) is 19.4 Å². The molecule has 0 saturated carbocycles. The van der Waals surface area contributed by atoms with Crippen molar-refractivity contribution in [2.75, 3.05) is 5.32 Å². The van der Waals surface area contributed by atoms with E-state index < -0.39 is 14.9 Å². The number of sulfonamides is 1. The van der Waals surface area contributed by atoms with E-state index in [2.05, 4.69) is 10.0 Å². The van der Waals surface area contributed by atoms with Crippen molar-refractivity contribution in [2.24, 2.45) is 0 Å². The van der Waals surface area contributed by atoms with Crippen LogP contribution in [0.15, 0.2) is 47.4 Å². The molecule has 0 aliphatic rings. The van der Waals surface area contributed by atoms with Gasteiger partial charge in [-0.3, -0.25) is 10.1 Å². The van der Waals surface area contributed by atoms with Gasteiger partial charge in [0.2, 0.25) is 10.0 Å². The number of anilines is 1. The summed E-state index contributed by atoms with van der Waals surface area (Å²) in [5, 5.41) is 14.2. The largest absolute Gasteiger partial charge is 0.375 e. The minimum Gasteiger partial charge on any atom is -0.375 e. The maximum atomic E-state index is 12.9. The first-order valence-corrected chi connectivity index (χ1v) is 8.96. The van der Waals surface area contributed by atoms with E-state index >= 15 is 0 Å². The number of halogens is 1. The van der Waals surface area contributed by atoms with Gasteiger partial charge in [-0.05, 0) is 43.7 Å². The van der Waals surface area contributed by atoms with Crippen LogP contribution in [0.2, 0.25) is 0 Å². The lowest BCUT2D eigenvalue weighted by Crippen LogP contribution is -2.30. The summed E-state index contributed by atoms with van der Waals surface area (Å²) in [4.78, 5) is 10.4. The molecule has 0 spiro atoms. The molecule has 25 heavy (non-hydrogen) atoms. The number of nitrogens with zero attached hydrogens (tertiary/aromatic N) is 1. The van der Waals surface area contributed by atoms with Gasteiger partial charge in [0, 0.05) is 18.7 Å². The van der Waals surface area contributed by atoms with E-state index in [4.69, 9.17) is 0 Å². The summed E-state index contributed by atoms with van der Waals surface area (Å²) in [5.74, 6) is -0.373. The zero-order valence-corrected chi connectivity index (χ0v) is 14.5. The summed E-state index contributed by atoms with van der Waals surface area (Å²) in [6.07, 6.45) is 0. The molecule has 9 heteroatoms. The predicted molar refractivity (Wildman–Crippen MR) is 92.3 cm³/mol. The quantitative estimate of drug-likeness (QED) is 0.579. The van der Waals surface area contributed by atoms with Gasteiger partial charge in [0.15, 0.2) is 0 Å². The first-order valence-electron chi connectivity index (χ1n) is 7.48. The molecule has 0 bridgehead atoms. The van der Waals surface area contributed by atoms with E-state index in [-0.39, 0.29) is 34.7 Å². The molecule has 0 fully saturated rings. The molecule has 2 rings (SSSR count). The summed E-state index contributed by atoms with van der Waals surface area (Å²) >= 11 is 0. The average molecular weight is 367 g/mol. The van der Waals surface area contributed by atoms with E-state index in [9.17, 15) is 22.9 Å². The number of nitro groups is 1. The Morgan fingerprint density at radius 3 is 2.36 bits per heavy atom. The van der Waals surface area contributed by atoms with Crippen molar-refractivity contribution in [3.8, 4) is 0 Å². The molecule has 0 aliphatic heterocycles. The monoisotopic (exact) mass is 367 g/mol. The molecule has 0 saturated heterocycles. The Hall–Kier alpha value is -2.52. The second kappa shape index (κ2) is 7.58. The second-order valence-electron chi connectivity index (χ2n) is 5.69. The van der Waals surface area contributed by atoms with Crippen LogP contribution in [0.25, 0.3) is 0 Å². The predicted octanol–water partition coefficient (Wildman–Crippen LogP) is 3.03. The van der Waals surface area contributed by atoms with Gasteiger partial charge in [-0.15, -0.1) is 0 Å². The van der Waals surface area contributed by atoms with Crippen molar-refractivity contribution in [3.63, 3.8) is 0 Å². The van der Waals surface area contributed by atoms with Crippen LogP contribution in [-0.2, 0) is 16.6 Å². The highest BCUT2D eigenvalue weighted by Gasteiger charge is 2.21. The molecule has 0 radical (unpaired) electrons. The summed E-state index contributed by atoms with van der Waals surface area (Å²) < 4.78 is 39.6. The Morgan fingerprint density at radius 1 is 1.16 bits per heavy atom. The maximum Gasteiger partial charge on any atom is 0.293 e. The van der Waals surface area contributed by atoms with Gasteiger partial charge in [0.05, 0.1) is 9.82 Å². The molecule has 2 aromatic carbocycles. The molecule has 0 atom stereocenters. The van der Waals surface area contributed by atoms with E-state index in [0.717, 1.165) is 11.6 Å². The molecule has 0 amide bonds. The summed E-state index contributed by atoms with van der Waals surface area (Å²) in [6, 6.07) is 9.01. The number of benzene rings is 2. The Kier molecular flexibility index (Phi) is 5.70.